The molecule has 0 aromatic heterocycles. The van der Waals surface area contributed by atoms with Gasteiger partial charge in [0, 0.05) is 62.5 Å². The van der Waals surface area contributed by atoms with Gasteiger partial charge in [-0.1, -0.05) is 12.1 Å². The summed E-state index contributed by atoms with van der Waals surface area (Å²) in [4.78, 5) is 30.2. The molecule has 1 aromatic rings. The number of nitrogens with zero attached hydrogens (tertiary/aromatic N) is 3. The van der Waals surface area contributed by atoms with Gasteiger partial charge in [-0.25, -0.2) is 13.2 Å². The number of halogens is 3. The lowest BCUT2D eigenvalue weighted by molar-refractivity contribution is -0.144. The smallest absolute Gasteiger partial charge is 0.306 e. The molecule has 4 rings (SSSR count). The van der Waals surface area contributed by atoms with E-state index in [4.69, 9.17) is 0 Å². The monoisotopic (exact) mass is 509 g/mol. The SMILES string of the molecule is CC(C)(C)N1CC[C@](F)(C(=O)N2CCC(c3ccc(C(F)F)cc3N3CCC(C(=O)O)CC3)CC2)C1. The number of carboxylic acids is 1. The van der Waals surface area contributed by atoms with Gasteiger partial charge in [-0.3, -0.25) is 14.5 Å². The fraction of sp³-hybridized carbons (Fsp3) is 0.704. The first-order valence-electron chi connectivity index (χ1n) is 13.0. The molecule has 1 amide bonds. The zero-order chi connectivity index (χ0) is 26.3. The molecule has 1 atom stereocenters. The summed E-state index contributed by atoms with van der Waals surface area (Å²) < 4.78 is 42.7. The Hall–Kier alpha value is -2.29. The molecule has 3 fully saturated rings. The molecule has 3 aliphatic heterocycles. The van der Waals surface area contributed by atoms with Gasteiger partial charge in [-0.15, -0.1) is 0 Å². The number of alkyl halides is 3. The Bertz CT molecular complexity index is 967. The number of benzene rings is 1. The van der Waals surface area contributed by atoms with Crippen molar-refractivity contribution in [1.82, 2.24) is 9.80 Å². The Kier molecular flexibility index (Phi) is 7.60. The highest BCUT2D eigenvalue weighted by Gasteiger charge is 2.49. The van der Waals surface area contributed by atoms with Gasteiger partial charge in [0.25, 0.3) is 12.3 Å². The topological polar surface area (TPSA) is 64.1 Å². The maximum Gasteiger partial charge on any atom is 0.306 e. The Labute approximate surface area is 211 Å². The first-order valence-corrected chi connectivity index (χ1v) is 13.0. The van der Waals surface area contributed by atoms with Crippen LogP contribution in [0.3, 0.4) is 0 Å². The quantitative estimate of drug-likeness (QED) is 0.615. The summed E-state index contributed by atoms with van der Waals surface area (Å²) in [6.07, 6.45) is -0.160. The van der Waals surface area contributed by atoms with Crippen molar-refractivity contribution in [3.05, 3.63) is 29.3 Å². The predicted octanol–water partition coefficient (Wildman–Crippen LogP) is 4.84. The largest absolute Gasteiger partial charge is 0.481 e. The van der Waals surface area contributed by atoms with Gasteiger partial charge < -0.3 is 14.9 Å². The number of carboxylic acid groups (broad SMARTS) is 1. The molecule has 0 bridgehead atoms. The van der Waals surface area contributed by atoms with E-state index in [2.05, 4.69) is 0 Å². The summed E-state index contributed by atoms with van der Waals surface area (Å²) in [6.45, 7) is 8.61. The minimum Gasteiger partial charge on any atom is -0.481 e. The molecule has 1 N–H and O–H groups in total. The lowest BCUT2D eigenvalue weighted by Crippen LogP contribution is -2.51. The van der Waals surface area contributed by atoms with E-state index in [9.17, 15) is 23.5 Å². The molecule has 1 aromatic carbocycles. The number of hydrogen-bond acceptors (Lipinski definition) is 4. The van der Waals surface area contributed by atoms with Crippen molar-refractivity contribution in [1.29, 1.82) is 0 Å². The summed E-state index contributed by atoms with van der Waals surface area (Å²) in [6, 6.07) is 4.76. The van der Waals surface area contributed by atoms with Crippen molar-refractivity contribution in [3.63, 3.8) is 0 Å². The number of rotatable bonds is 5. The summed E-state index contributed by atoms with van der Waals surface area (Å²) in [5.74, 6) is -1.59. The maximum absolute atomic E-state index is 15.7. The fourth-order valence-electron chi connectivity index (χ4n) is 5.88. The molecule has 0 spiro atoms. The highest BCUT2D eigenvalue weighted by molar-refractivity contribution is 5.86. The molecule has 3 aliphatic rings. The van der Waals surface area contributed by atoms with Gasteiger partial charge in [-0.2, -0.15) is 0 Å². The third-order valence-electron chi connectivity index (χ3n) is 8.26. The molecule has 36 heavy (non-hydrogen) atoms. The number of piperidine rings is 2. The minimum atomic E-state index is -2.59. The van der Waals surface area contributed by atoms with Crippen molar-refractivity contribution in [3.8, 4) is 0 Å². The van der Waals surface area contributed by atoms with E-state index in [1.54, 1.807) is 11.0 Å². The van der Waals surface area contributed by atoms with Crippen LogP contribution in [0.2, 0.25) is 0 Å². The number of carbonyl (C=O) groups is 2. The Balaban J connectivity index is 1.45. The van der Waals surface area contributed by atoms with Crippen LogP contribution < -0.4 is 4.90 Å². The minimum absolute atomic E-state index is 0.0503. The molecule has 3 saturated heterocycles. The van der Waals surface area contributed by atoms with Crippen LogP contribution in [0.25, 0.3) is 0 Å². The van der Waals surface area contributed by atoms with Crippen LogP contribution >= 0.6 is 0 Å². The molecule has 3 heterocycles. The fourth-order valence-corrected chi connectivity index (χ4v) is 5.88. The van der Waals surface area contributed by atoms with Gasteiger partial charge in [0.05, 0.1) is 5.92 Å². The maximum atomic E-state index is 15.7. The van der Waals surface area contributed by atoms with Gasteiger partial charge in [0.1, 0.15) is 0 Å². The average molecular weight is 510 g/mol. The lowest BCUT2D eigenvalue weighted by Gasteiger charge is -2.39. The van der Waals surface area contributed by atoms with Gasteiger partial charge in [-0.05, 0) is 64.0 Å². The number of carbonyl (C=O) groups excluding carboxylic acids is 1. The van der Waals surface area contributed by atoms with Crippen LogP contribution in [0.5, 0.6) is 0 Å². The Morgan fingerprint density at radius 1 is 1.03 bits per heavy atom. The molecule has 9 heteroatoms. The number of anilines is 1. The first kappa shape index (κ1) is 26.8. The van der Waals surface area contributed by atoms with Crippen LogP contribution in [0.1, 0.15) is 76.3 Å². The average Bonchev–Trinajstić information content (AvgIpc) is 3.27. The molecule has 0 unspecified atom stereocenters. The normalized spacial score (nSPS) is 25.1. The lowest BCUT2D eigenvalue weighted by atomic mass is 9.86. The number of likely N-dealkylation sites (tertiary alicyclic amines) is 2. The van der Waals surface area contributed by atoms with Crippen LogP contribution in [0.15, 0.2) is 18.2 Å². The third-order valence-corrected chi connectivity index (χ3v) is 8.26. The van der Waals surface area contributed by atoms with E-state index < -0.39 is 29.9 Å². The van der Waals surface area contributed by atoms with Crippen molar-refractivity contribution < 1.29 is 27.9 Å². The summed E-state index contributed by atoms with van der Waals surface area (Å²) in [5.41, 5.74) is -0.416. The zero-order valence-electron chi connectivity index (χ0n) is 21.5. The van der Waals surface area contributed by atoms with Crippen LogP contribution in [0.4, 0.5) is 18.9 Å². The summed E-state index contributed by atoms with van der Waals surface area (Å²) in [7, 11) is 0. The van der Waals surface area contributed by atoms with E-state index in [0.29, 0.717) is 58.4 Å². The predicted molar refractivity (Wildman–Crippen MR) is 132 cm³/mol. The molecular weight excluding hydrogens is 471 g/mol. The van der Waals surface area contributed by atoms with E-state index in [0.717, 1.165) is 11.3 Å². The second-order valence-electron chi connectivity index (χ2n) is 11.6. The van der Waals surface area contributed by atoms with E-state index in [1.165, 1.54) is 12.1 Å². The highest BCUT2D eigenvalue weighted by atomic mass is 19.3. The van der Waals surface area contributed by atoms with Crippen molar-refractivity contribution >= 4 is 17.6 Å². The second kappa shape index (κ2) is 10.2. The van der Waals surface area contributed by atoms with Gasteiger partial charge in [0.2, 0.25) is 5.67 Å². The number of aliphatic carboxylic acids is 1. The van der Waals surface area contributed by atoms with Gasteiger partial charge >= 0.3 is 5.97 Å². The molecule has 200 valence electrons. The summed E-state index contributed by atoms with van der Waals surface area (Å²) >= 11 is 0. The zero-order valence-corrected chi connectivity index (χ0v) is 21.5. The van der Waals surface area contributed by atoms with E-state index >= 15 is 4.39 Å². The Morgan fingerprint density at radius 2 is 1.67 bits per heavy atom. The van der Waals surface area contributed by atoms with E-state index in [1.807, 2.05) is 30.6 Å². The van der Waals surface area contributed by atoms with Crippen LogP contribution in [0, 0.1) is 5.92 Å². The molecule has 0 saturated carbocycles. The van der Waals surface area contributed by atoms with Crippen LogP contribution in [-0.2, 0) is 9.59 Å². The van der Waals surface area contributed by atoms with Crippen molar-refractivity contribution in [2.45, 2.75) is 76.4 Å². The first-order chi connectivity index (χ1) is 16.9. The molecule has 0 radical (unpaired) electrons. The van der Waals surface area contributed by atoms with E-state index in [-0.39, 0.29) is 30.0 Å². The van der Waals surface area contributed by atoms with Crippen LogP contribution in [-0.4, -0.2) is 77.3 Å². The third kappa shape index (κ3) is 5.50. The van der Waals surface area contributed by atoms with Crippen molar-refractivity contribution in [2.75, 3.05) is 44.2 Å². The molecule has 0 aliphatic carbocycles. The summed E-state index contributed by atoms with van der Waals surface area (Å²) in [5, 5.41) is 9.31. The van der Waals surface area contributed by atoms with Gasteiger partial charge in [0.15, 0.2) is 0 Å². The Morgan fingerprint density at radius 3 is 2.19 bits per heavy atom. The molecular formula is C27H38F3N3O3. The highest BCUT2D eigenvalue weighted by Crippen LogP contribution is 2.40. The standard InChI is InChI=1S/C27H38F3N3O3/c1-26(2,3)33-15-10-27(30,17-33)25(36)32-13-6-18(7-14-32)21-5-4-20(23(28)29)16-22(21)31-11-8-19(9-12-31)24(34)35/h4-5,16,18-19,23H,6-15,17H2,1-3H3,(H,34,35)/t27-/m1/s1. The number of amides is 1. The van der Waals surface area contributed by atoms with Crippen molar-refractivity contribution in [2.24, 2.45) is 5.92 Å². The number of hydrogen-bond donors (Lipinski definition) is 1. The second-order valence-corrected chi connectivity index (χ2v) is 11.6. The molecule has 6 nitrogen and oxygen atoms in total.